The third-order valence-electron chi connectivity index (χ3n) is 2.67. The van der Waals surface area contributed by atoms with Crippen molar-refractivity contribution in [3.63, 3.8) is 0 Å². The minimum atomic E-state index is -0.535. The Labute approximate surface area is 102 Å². The fraction of sp³-hybridized carbons (Fsp3) is 0.538. The molecule has 1 rings (SSSR count). The van der Waals surface area contributed by atoms with Gasteiger partial charge in [-0.25, -0.2) is 8.78 Å². The number of rotatable bonds is 6. The Morgan fingerprint density at radius 3 is 2.59 bits per heavy atom. The van der Waals surface area contributed by atoms with E-state index in [0.29, 0.717) is 18.2 Å². The van der Waals surface area contributed by atoms with E-state index in [0.717, 1.165) is 19.0 Å². The zero-order valence-corrected chi connectivity index (χ0v) is 10.6. The first kappa shape index (κ1) is 14.1. The van der Waals surface area contributed by atoms with Crippen molar-refractivity contribution in [2.75, 3.05) is 20.6 Å². The highest BCUT2D eigenvalue weighted by Gasteiger charge is 2.06. The summed E-state index contributed by atoms with van der Waals surface area (Å²) in [4.78, 5) is 2.11. The smallest absolute Gasteiger partial charge is 0.130 e. The molecule has 4 heteroatoms. The van der Waals surface area contributed by atoms with E-state index in [2.05, 4.69) is 17.1 Å². The molecule has 0 spiro atoms. The first-order chi connectivity index (χ1) is 7.99. The summed E-state index contributed by atoms with van der Waals surface area (Å²) < 4.78 is 26.0. The van der Waals surface area contributed by atoms with Gasteiger partial charge in [-0.05, 0) is 40.1 Å². The molecule has 0 saturated heterocycles. The Bertz CT molecular complexity index is 353. The van der Waals surface area contributed by atoms with Gasteiger partial charge in [-0.15, -0.1) is 0 Å². The molecule has 0 bridgehead atoms. The minimum Gasteiger partial charge on any atom is -0.310 e. The van der Waals surface area contributed by atoms with Crippen LogP contribution in [0, 0.1) is 11.6 Å². The Hall–Kier alpha value is -1.00. The Kier molecular flexibility index (Phi) is 5.51. The molecule has 96 valence electrons. The lowest BCUT2D eigenvalue weighted by molar-refractivity contribution is 0.364. The standard InChI is InChI=1S/C13H20F2N2/c1-10(6-7-17(2)3)16-9-11-4-5-12(14)8-13(11)15/h4-5,8,10,16H,6-7,9H2,1-3H3. The summed E-state index contributed by atoms with van der Waals surface area (Å²) in [6.45, 7) is 3.48. The molecule has 0 aliphatic rings. The highest BCUT2D eigenvalue weighted by molar-refractivity contribution is 5.18. The molecule has 1 aromatic rings. The fourth-order valence-electron chi connectivity index (χ4n) is 1.50. The van der Waals surface area contributed by atoms with Crippen LogP contribution in [0.15, 0.2) is 18.2 Å². The van der Waals surface area contributed by atoms with Crippen LogP contribution >= 0.6 is 0 Å². The zero-order valence-electron chi connectivity index (χ0n) is 10.6. The molecule has 2 nitrogen and oxygen atoms in total. The van der Waals surface area contributed by atoms with Crippen molar-refractivity contribution in [2.24, 2.45) is 0 Å². The monoisotopic (exact) mass is 242 g/mol. The maximum atomic E-state index is 13.3. The van der Waals surface area contributed by atoms with Gasteiger partial charge in [-0.2, -0.15) is 0 Å². The Morgan fingerprint density at radius 2 is 2.00 bits per heavy atom. The number of hydrogen-bond donors (Lipinski definition) is 1. The van der Waals surface area contributed by atoms with Crippen LogP contribution in [0.25, 0.3) is 0 Å². The van der Waals surface area contributed by atoms with Crippen molar-refractivity contribution < 1.29 is 8.78 Å². The first-order valence-corrected chi connectivity index (χ1v) is 5.81. The quantitative estimate of drug-likeness (QED) is 0.824. The van der Waals surface area contributed by atoms with Gasteiger partial charge < -0.3 is 10.2 Å². The second-order valence-corrected chi connectivity index (χ2v) is 4.61. The van der Waals surface area contributed by atoms with Gasteiger partial charge in [0.1, 0.15) is 11.6 Å². The molecule has 1 aromatic carbocycles. The van der Waals surface area contributed by atoms with E-state index in [1.165, 1.54) is 12.1 Å². The number of nitrogens with zero attached hydrogens (tertiary/aromatic N) is 1. The van der Waals surface area contributed by atoms with Crippen molar-refractivity contribution in [1.82, 2.24) is 10.2 Å². The summed E-state index contributed by atoms with van der Waals surface area (Å²) in [5.41, 5.74) is 0.503. The van der Waals surface area contributed by atoms with Crippen LogP contribution in [0.3, 0.4) is 0 Å². The molecule has 1 N–H and O–H groups in total. The average molecular weight is 242 g/mol. The molecule has 1 atom stereocenters. The van der Waals surface area contributed by atoms with Crippen LogP contribution in [0.4, 0.5) is 8.78 Å². The predicted octanol–water partition coefficient (Wildman–Crippen LogP) is 2.39. The van der Waals surface area contributed by atoms with Gasteiger partial charge in [0.25, 0.3) is 0 Å². The molecule has 1 unspecified atom stereocenters. The molecule has 0 heterocycles. The van der Waals surface area contributed by atoms with Crippen molar-refractivity contribution in [3.05, 3.63) is 35.4 Å². The Balaban J connectivity index is 2.39. The van der Waals surface area contributed by atoms with Gasteiger partial charge in [0.2, 0.25) is 0 Å². The topological polar surface area (TPSA) is 15.3 Å². The molecule has 0 amide bonds. The normalized spacial score (nSPS) is 13.1. The van der Waals surface area contributed by atoms with Gasteiger partial charge in [-0.1, -0.05) is 6.07 Å². The molecule has 17 heavy (non-hydrogen) atoms. The van der Waals surface area contributed by atoms with Crippen LogP contribution in [-0.4, -0.2) is 31.6 Å². The van der Waals surface area contributed by atoms with Crippen LogP contribution in [0.2, 0.25) is 0 Å². The van der Waals surface area contributed by atoms with Crippen LogP contribution in [-0.2, 0) is 6.54 Å². The lowest BCUT2D eigenvalue weighted by Crippen LogP contribution is -2.29. The lowest BCUT2D eigenvalue weighted by Gasteiger charge is -2.16. The summed E-state index contributed by atoms with van der Waals surface area (Å²) in [6.07, 6.45) is 0.996. The fourth-order valence-corrected chi connectivity index (χ4v) is 1.50. The highest BCUT2D eigenvalue weighted by Crippen LogP contribution is 2.09. The van der Waals surface area contributed by atoms with Crippen molar-refractivity contribution in [1.29, 1.82) is 0 Å². The first-order valence-electron chi connectivity index (χ1n) is 5.81. The molecular formula is C13H20F2N2. The summed E-state index contributed by atoms with van der Waals surface area (Å²) in [5.74, 6) is -1.02. The van der Waals surface area contributed by atoms with E-state index in [4.69, 9.17) is 0 Å². The van der Waals surface area contributed by atoms with E-state index in [1.807, 2.05) is 14.1 Å². The third kappa shape index (κ3) is 5.24. The molecule has 0 aliphatic heterocycles. The zero-order chi connectivity index (χ0) is 12.8. The van der Waals surface area contributed by atoms with Crippen LogP contribution in [0.1, 0.15) is 18.9 Å². The van der Waals surface area contributed by atoms with Gasteiger partial charge in [0, 0.05) is 24.2 Å². The van der Waals surface area contributed by atoms with Gasteiger partial charge in [-0.3, -0.25) is 0 Å². The lowest BCUT2D eigenvalue weighted by atomic mass is 10.1. The second kappa shape index (κ2) is 6.67. The van der Waals surface area contributed by atoms with Crippen LogP contribution in [0.5, 0.6) is 0 Å². The minimum absolute atomic E-state index is 0.307. The SMILES string of the molecule is CC(CCN(C)C)NCc1ccc(F)cc1F. The summed E-state index contributed by atoms with van der Waals surface area (Å²) >= 11 is 0. The van der Waals surface area contributed by atoms with E-state index >= 15 is 0 Å². The number of hydrogen-bond acceptors (Lipinski definition) is 2. The van der Waals surface area contributed by atoms with Crippen molar-refractivity contribution >= 4 is 0 Å². The molecule has 0 aliphatic carbocycles. The Morgan fingerprint density at radius 1 is 1.29 bits per heavy atom. The number of nitrogens with one attached hydrogen (secondary N) is 1. The van der Waals surface area contributed by atoms with Gasteiger partial charge in [0.05, 0.1) is 0 Å². The second-order valence-electron chi connectivity index (χ2n) is 4.61. The largest absolute Gasteiger partial charge is 0.310 e. The van der Waals surface area contributed by atoms with Gasteiger partial charge in [0.15, 0.2) is 0 Å². The van der Waals surface area contributed by atoms with Crippen LogP contribution < -0.4 is 5.32 Å². The van der Waals surface area contributed by atoms with E-state index in [1.54, 1.807) is 0 Å². The molecule has 0 aromatic heterocycles. The number of benzene rings is 1. The van der Waals surface area contributed by atoms with Crippen molar-refractivity contribution in [2.45, 2.75) is 25.9 Å². The third-order valence-corrected chi connectivity index (χ3v) is 2.67. The van der Waals surface area contributed by atoms with E-state index in [9.17, 15) is 8.78 Å². The predicted molar refractivity (Wildman–Crippen MR) is 65.8 cm³/mol. The molecular weight excluding hydrogens is 222 g/mol. The van der Waals surface area contributed by atoms with E-state index < -0.39 is 11.6 Å². The molecule has 0 radical (unpaired) electrons. The maximum Gasteiger partial charge on any atom is 0.130 e. The number of halogens is 2. The average Bonchev–Trinajstić information content (AvgIpc) is 2.25. The molecule has 0 saturated carbocycles. The summed E-state index contributed by atoms with van der Waals surface area (Å²) in [7, 11) is 4.04. The van der Waals surface area contributed by atoms with E-state index in [-0.39, 0.29) is 0 Å². The van der Waals surface area contributed by atoms with Gasteiger partial charge >= 0.3 is 0 Å². The molecule has 0 fully saturated rings. The maximum absolute atomic E-state index is 13.3. The highest BCUT2D eigenvalue weighted by atomic mass is 19.1. The summed E-state index contributed by atoms with van der Waals surface area (Å²) in [6, 6.07) is 3.99. The van der Waals surface area contributed by atoms with Crippen molar-refractivity contribution in [3.8, 4) is 0 Å². The summed E-state index contributed by atoms with van der Waals surface area (Å²) in [5, 5.41) is 3.23.